The maximum absolute atomic E-state index is 11.7. The van der Waals surface area contributed by atoms with Crippen molar-refractivity contribution in [1.82, 2.24) is 15.3 Å². The average Bonchev–Trinajstić information content (AvgIpc) is 2.45. The van der Waals surface area contributed by atoms with Crippen LogP contribution in [0.4, 0.5) is 11.6 Å². The molecule has 2 heterocycles. The second-order valence-corrected chi connectivity index (χ2v) is 5.31. The van der Waals surface area contributed by atoms with E-state index in [2.05, 4.69) is 20.2 Å². The Morgan fingerprint density at radius 1 is 1.58 bits per heavy atom. The number of amides is 1. The van der Waals surface area contributed by atoms with Crippen molar-refractivity contribution in [2.75, 3.05) is 37.0 Å². The normalized spacial score (nSPS) is 19.3. The summed E-state index contributed by atoms with van der Waals surface area (Å²) < 4.78 is 0. The maximum atomic E-state index is 11.7. The van der Waals surface area contributed by atoms with Gasteiger partial charge in [-0.2, -0.15) is 0 Å². The summed E-state index contributed by atoms with van der Waals surface area (Å²) in [6, 6.07) is 1.77. The molecule has 19 heavy (non-hydrogen) atoms. The van der Waals surface area contributed by atoms with E-state index in [4.69, 9.17) is 5.73 Å². The first-order valence-electron chi connectivity index (χ1n) is 6.29. The van der Waals surface area contributed by atoms with Crippen LogP contribution in [0.2, 0.25) is 0 Å². The Morgan fingerprint density at radius 2 is 2.37 bits per heavy atom. The lowest BCUT2D eigenvalue weighted by Gasteiger charge is -2.32. The molecule has 0 bridgehead atoms. The van der Waals surface area contributed by atoms with Gasteiger partial charge in [0.25, 0.3) is 0 Å². The van der Waals surface area contributed by atoms with Crippen LogP contribution in [0, 0.1) is 5.92 Å². The summed E-state index contributed by atoms with van der Waals surface area (Å²) in [6.07, 6.45) is 3.82. The molecule has 1 aliphatic heterocycles. The number of carbonyl (C=O) groups is 1. The third-order valence-electron chi connectivity index (χ3n) is 3.26. The summed E-state index contributed by atoms with van der Waals surface area (Å²) in [4.78, 5) is 22.4. The summed E-state index contributed by atoms with van der Waals surface area (Å²) >= 11 is 1.46. The fourth-order valence-corrected chi connectivity index (χ4v) is 2.67. The van der Waals surface area contributed by atoms with Gasteiger partial charge in [-0.25, -0.2) is 9.97 Å². The van der Waals surface area contributed by atoms with E-state index in [0.717, 1.165) is 25.2 Å². The maximum Gasteiger partial charge on any atom is 0.224 e. The van der Waals surface area contributed by atoms with Crippen molar-refractivity contribution < 1.29 is 4.79 Å². The lowest BCUT2D eigenvalue weighted by Crippen LogP contribution is -2.42. The number of hydrogen-bond donors (Lipinski definition) is 2. The Morgan fingerprint density at radius 3 is 3.05 bits per heavy atom. The van der Waals surface area contributed by atoms with Gasteiger partial charge < -0.3 is 16.0 Å². The van der Waals surface area contributed by atoms with Crippen molar-refractivity contribution in [2.24, 2.45) is 5.92 Å². The molecule has 1 aliphatic rings. The second-order valence-electron chi connectivity index (χ2n) is 4.54. The molecule has 1 unspecified atom stereocenters. The zero-order chi connectivity index (χ0) is 13.8. The van der Waals surface area contributed by atoms with E-state index in [1.165, 1.54) is 11.8 Å². The summed E-state index contributed by atoms with van der Waals surface area (Å²) in [6.45, 7) is 1.59. The zero-order valence-electron chi connectivity index (χ0n) is 11.2. The minimum absolute atomic E-state index is 0.0210. The van der Waals surface area contributed by atoms with E-state index in [0.29, 0.717) is 17.5 Å². The smallest absolute Gasteiger partial charge is 0.224 e. The van der Waals surface area contributed by atoms with Crippen molar-refractivity contribution in [2.45, 2.75) is 18.0 Å². The van der Waals surface area contributed by atoms with Crippen LogP contribution < -0.4 is 16.0 Å². The molecule has 2 rings (SSSR count). The summed E-state index contributed by atoms with van der Waals surface area (Å²) in [5.41, 5.74) is 5.79. The SMILES string of the molecule is CNC(=O)C1CCCN(c2cc(N)nc(SC)n2)C1. The van der Waals surface area contributed by atoms with Crippen molar-refractivity contribution >= 4 is 29.3 Å². The Balaban J connectivity index is 2.17. The quantitative estimate of drug-likeness (QED) is 0.628. The van der Waals surface area contributed by atoms with E-state index >= 15 is 0 Å². The highest BCUT2D eigenvalue weighted by molar-refractivity contribution is 7.98. The van der Waals surface area contributed by atoms with Crippen LogP contribution >= 0.6 is 11.8 Å². The van der Waals surface area contributed by atoms with Crippen LogP contribution in [0.15, 0.2) is 11.2 Å². The van der Waals surface area contributed by atoms with E-state index in [9.17, 15) is 4.79 Å². The van der Waals surface area contributed by atoms with Gasteiger partial charge in [0.05, 0.1) is 5.92 Å². The second kappa shape index (κ2) is 6.10. The Labute approximate surface area is 117 Å². The highest BCUT2D eigenvalue weighted by Gasteiger charge is 2.26. The van der Waals surface area contributed by atoms with Crippen LogP contribution in [0.5, 0.6) is 0 Å². The van der Waals surface area contributed by atoms with Gasteiger partial charge in [-0.15, -0.1) is 0 Å². The Bertz CT molecular complexity index is 467. The summed E-state index contributed by atoms with van der Waals surface area (Å²) in [7, 11) is 1.68. The Kier molecular flexibility index (Phi) is 4.47. The van der Waals surface area contributed by atoms with Gasteiger partial charge >= 0.3 is 0 Å². The first-order valence-corrected chi connectivity index (χ1v) is 7.51. The predicted octanol–water partition coefficient (Wildman–Crippen LogP) is 0.743. The van der Waals surface area contributed by atoms with Gasteiger partial charge in [0.1, 0.15) is 11.6 Å². The highest BCUT2D eigenvalue weighted by atomic mass is 32.2. The van der Waals surface area contributed by atoms with Gasteiger partial charge in [0.15, 0.2) is 5.16 Å². The number of nitrogens with one attached hydrogen (secondary N) is 1. The Hall–Kier alpha value is -1.50. The highest BCUT2D eigenvalue weighted by Crippen LogP contribution is 2.24. The molecule has 0 radical (unpaired) electrons. The molecule has 7 heteroatoms. The number of nitrogens with zero attached hydrogens (tertiary/aromatic N) is 3. The number of thioether (sulfide) groups is 1. The summed E-state index contributed by atoms with van der Waals surface area (Å²) in [5.74, 6) is 1.39. The topological polar surface area (TPSA) is 84.1 Å². The fourth-order valence-electron chi connectivity index (χ4n) is 2.29. The number of piperidine rings is 1. The molecule has 1 fully saturated rings. The molecule has 104 valence electrons. The van der Waals surface area contributed by atoms with E-state index < -0.39 is 0 Å². The number of nitrogens with two attached hydrogens (primary N) is 1. The third-order valence-corrected chi connectivity index (χ3v) is 3.80. The molecule has 1 amide bonds. The van der Waals surface area contributed by atoms with Crippen molar-refractivity contribution in [3.05, 3.63) is 6.07 Å². The van der Waals surface area contributed by atoms with Gasteiger partial charge in [-0.05, 0) is 19.1 Å². The number of rotatable bonds is 3. The van der Waals surface area contributed by atoms with Crippen molar-refractivity contribution in [1.29, 1.82) is 0 Å². The van der Waals surface area contributed by atoms with E-state index in [1.54, 1.807) is 13.1 Å². The minimum Gasteiger partial charge on any atom is -0.383 e. The van der Waals surface area contributed by atoms with Gasteiger partial charge in [0, 0.05) is 26.2 Å². The fraction of sp³-hybridized carbons (Fsp3) is 0.583. The van der Waals surface area contributed by atoms with E-state index in [-0.39, 0.29) is 11.8 Å². The lowest BCUT2D eigenvalue weighted by molar-refractivity contribution is -0.124. The molecular formula is C12H19N5OS. The molecule has 3 N–H and O–H groups in total. The number of carbonyl (C=O) groups excluding carboxylic acids is 1. The minimum atomic E-state index is 0.0210. The average molecular weight is 281 g/mol. The number of anilines is 2. The van der Waals surface area contributed by atoms with Gasteiger partial charge in [-0.3, -0.25) is 4.79 Å². The molecule has 0 aliphatic carbocycles. The molecule has 1 atom stereocenters. The standard InChI is InChI=1S/C12H19N5OS/c1-14-11(18)8-4-3-5-17(7-8)10-6-9(13)15-12(16-10)19-2/h6,8H,3-5,7H2,1-2H3,(H,14,18)(H2,13,15,16). The number of aromatic nitrogens is 2. The first kappa shape index (κ1) is 13.9. The van der Waals surface area contributed by atoms with Gasteiger partial charge in [-0.1, -0.05) is 11.8 Å². The molecule has 0 spiro atoms. The summed E-state index contributed by atoms with van der Waals surface area (Å²) in [5, 5.41) is 3.38. The van der Waals surface area contributed by atoms with Crippen LogP contribution in [-0.2, 0) is 4.79 Å². The van der Waals surface area contributed by atoms with Crippen molar-refractivity contribution in [3.63, 3.8) is 0 Å². The van der Waals surface area contributed by atoms with E-state index in [1.807, 2.05) is 6.26 Å². The number of hydrogen-bond acceptors (Lipinski definition) is 6. The predicted molar refractivity (Wildman–Crippen MR) is 77.2 cm³/mol. The largest absolute Gasteiger partial charge is 0.383 e. The van der Waals surface area contributed by atoms with Gasteiger partial charge in [0.2, 0.25) is 5.91 Å². The van der Waals surface area contributed by atoms with Crippen LogP contribution in [0.3, 0.4) is 0 Å². The van der Waals surface area contributed by atoms with Crippen molar-refractivity contribution in [3.8, 4) is 0 Å². The molecule has 1 aromatic rings. The van der Waals surface area contributed by atoms with Crippen LogP contribution in [0.1, 0.15) is 12.8 Å². The molecule has 1 aromatic heterocycles. The molecule has 1 saturated heterocycles. The third kappa shape index (κ3) is 3.28. The molecule has 6 nitrogen and oxygen atoms in total. The molecule has 0 saturated carbocycles. The van der Waals surface area contributed by atoms with Crippen LogP contribution in [0.25, 0.3) is 0 Å². The molecular weight excluding hydrogens is 262 g/mol. The lowest BCUT2D eigenvalue weighted by atomic mass is 9.97. The zero-order valence-corrected chi connectivity index (χ0v) is 12.0. The van der Waals surface area contributed by atoms with Crippen LogP contribution in [-0.4, -0.2) is 42.3 Å². The molecule has 0 aromatic carbocycles. The first-order chi connectivity index (χ1) is 9.13. The number of nitrogen functional groups attached to an aromatic ring is 1. The monoisotopic (exact) mass is 281 g/mol.